The zero-order valence-electron chi connectivity index (χ0n) is 16.9. The van der Waals surface area contributed by atoms with Gasteiger partial charge in [-0.3, -0.25) is 14.5 Å². The van der Waals surface area contributed by atoms with E-state index < -0.39 is 30.2 Å². The molecular weight excluding hydrogens is 405 g/mol. The molecule has 0 spiro atoms. The van der Waals surface area contributed by atoms with Crippen molar-refractivity contribution < 1.29 is 27.6 Å². The Hall–Kier alpha value is -2.92. The quantitative estimate of drug-likeness (QED) is 0.581. The number of dihydropyridines is 1. The summed E-state index contributed by atoms with van der Waals surface area (Å²) >= 11 is 0. The van der Waals surface area contributed by atoms with Gasteiger partial charge < -0.3 is 25.8 Å². The molecule has 3 atom stereocenters. The molecule has 0 radical (unpaired) electrons. The van der Waals surface area contributed by atoms with Crippen LogP contribution >= 0.6 is 0 Å². The van der Waals surface area contributed by atoms with Crippen LogP contribution in [0.25, 0.3) is 0 Å². The van der Waals surface area contributed by atoms with Crippen LogP contribution in [-0.2, 0) is 9.59 Å². The van der Waals surface area contributed by atoms with E-state index in [2.05, 4.69) is 10.6 Å². The van der Waals surface area contributed by atoms with E-state index in [0.717, 1.165) is 6.92 Å². The molecule has 2 bridgehead atoms. The zero-order valence-corrected chi connectivity index (χ0v) is 16.9. The third kappa shape index (κ3) is 4.31. The number of carbonyl (C=O) groups is 3. The number of allylic oxidation sites excluding steroid dienone is 1. The summed E-state index contributed by atoms with van der Waals surface area (Å²) < 4.78 is 38.3. The molecule has 12 heteroatoms. The number of nitrogens with zero attached hydrogens (tertiary/aromatic N) is 3. The highest BCUT2D eigenvalue weighted by molar-refractivity contribution is 5.87. The van der Waals surface area contributed by atoms with E-state index in [4.69, 9.17) is 0 Å². The molecule has 1 unspecified atom stereocenters. The Morgan fingerprint density at radius 2 is 2.03 bits per heavy atom. The first kappa shape index (κ1) is 21.8. The van der Waals surface area contributed by atoms with Gasteiger partial charge in [0.25, 0.3) is 0 Å². The number of hydrogen-bond donors (Lipinski definition) is 3. The Morgan fingerprint density at radius 1 is 1.33 bits per heavy atom. The molecule has 3 heterocycles. The molecular formula is C18H25F3N6O3. The van der Waals surface area contributed by atoms with E-state index in [1.807, 2.05) is 10.2 Å². The van der Waals surface area contributed by atoms with Gasteiger partial charge in [0.05, 0.1) is 18.3 Å². The minimum atomic E-state index is -4.56. The first-order valence-electron chi connectivity index (χ1n) is 9.57. The second-order valence-corrected chi connectivity index (χ2v) is 7.69. The maximum absolute atomic E-state index is 12.8. The third-order valence-electron chi connectivity index (χ3n) is 5.33. The normalized spacial score (nSPS) is 23.5. The average Bonchev–Trinajstić information content (AvgIpc) is 3.09. The average molecular weight is 430 g/mol. The lowest BCUT2D eigenvalue weighted by Crippen LogP contribution is -2.58. The van der Waals surface area contributed by atoms with Crippen LogP contribution in [0.5, 0.6) is 0 Å². The van der Waals surface area contributed by atoms with E-state index in [0.29, 0.717) is 31.0 Å². The van der Waals surface area contributed by atoms with Gasteiger partial charge in [-0.1, -0.05) is 6.08 Å². The van der Waals surface area contributed by atoms with Gasteiger partial charge >= 0.3 is 12.2 Å². The highest BCUT2D eigenvalue weighted by atomic mass is 19.4. The van der Waals surface area contributed by atoms with Gasteiger partial charge in [0, 0.05) is 27.2 Å². The largest absolute Gasteiger partial charge is 0.408 e. The smallest absolute Gasteiger partial charge is 0.366 e. The Bertz CT molecular complexity index is 795. The number of likely N-dealkylation sites (N-methyl/N-ethyl adjacent to an activating group) is 1. The van der Waals surface area contributed by atoms with Gasteiger partial charge in [-0.15, -0.1) is 0 Å². The number of amides is 4. The van der Waals surface area contributed by atoms with Gasteiger partial charge in [-0.25, -0.2) is 4.79 Å². The van der Waals surface area contributed by atoms with Gasteiger partial charge in [-0.2, -0.15) is 13.2 Å². The number of halogens is 3. The summed E-state index contributed by atoms with van der Waals surface area (Å²) in [5.74, 6) is -0.781. The summed E-state index contributed by atoms with van der Waals surface area (Å²) in [7, 11) is 3.15. The van der Waals surface area contributed by atoms with Gasteiger partial charge in [0.2, 0.25) is 11.8 Å². The van der Waals surface area contributed by atoms with Crippen LogP contribution < -0.4 is 16.0 Å². The van der Waals surface area contributed by atoms with Crippen LogP contribution in [0, 0.1) is 0 Å². The number of nitrogens with one attached hydrogen (secondary N) is 3. The lowest BCUT2D eigenvalue weighted by Gasteiger charge is -2.41. The third-order valence-corrected chi connectivity index (χ3v) is 5.33. The molecule has 3 aliphatic rings. The van der Waals surface area contributed by atoms with E-state index in [1.54, 1.807) is 20.2 Å². The van der Waals surface area contributed by atoms with E-state index >= 15 is 0 Å². The van der Waals surface area contributed by atoms with Crippen LogP contribution in [0.3, 0.4) is 0 Å². The molecule has 30 heavy (non-hydrogen) atoms. The number of alkyl halides is 3. The number of hydrogen-bond acceptors (Lipinski definition) is 5. The number of urea groups is 1. The number of fused-ring (bicyclic) bond motifs is 3. The van der Waals surface area contributed by atoms with Gasteiger partial charge in [-0.05, 0) is 19.4 Å². The highest BCUT2D eigenvalue weighted by Gasteiger charge is 2.43. The lowest BCUT2D eigenvalue weighted by molar-refractivity contribution is -0.158. The van der Waals surface area contributed by atoms with E-state index in [9.17, 15) is 27.6 Å². The fourth-order valence-corrected chi connectivity index (χ4v) is 3.54. The van der Waals surface area contributed by atoms with Crippen molar-refractivity contribution in [2.45, 2.75) is 37.6 Å². The molecule has 0 aliphatic carbocycles. The van der Waals surface area contributed by atoms with E-state index in [1.165, 1.54) is 15.9 Å². The highest BCUT2D eigenvalue weighted by Crippen LogP contribution is 2.33. The van der Waals surface area contributed by atoms with Crippen LogP contribution in [0.2, 0.25) is 0 Å². The topological polar surface area (TPSA) is 97.0 Å². The molecule has 0 aromatic carbocycles. The monoisotopic (exact) mass is 430 g/mol. The maximum atomic E-state index is 12.8. The summed E-state index contributed by atoms with van der Waals surface area (Å²) in [6, 6.07) is -3.74. The van der Waals surface area contributed by atoms with Crippen LogP contribution in [-0.4, -0.2) is 90.6 Å². The Balaban J connectivity index is 1.75. The molecule has 9 nitrogen and oxygen atoms in total. The Morgan fingerprint density at radius 3 is 2.67 bits per heavy atom. The summed E-state index contributed by atoms with van der Waals surface area (Å²) in [5, 5.41) is 7.41. The molecule has 0 aromatic rings. The summed E-state index contributed by atoms with van der Waals surface area (Å²) in [4.78, 5) is 41.8. The summed E-state index contributed by atoms with van der Waals surface area (Å²) in [5.41, 5.74) is 0.686. The standard InChI is InChI=1S/C18H25F3N6O3/c1-10(18(19,20)21)23-16(29)12-4-5-13-15(24-12)27(11-6-7-26(13)9-11)17(30)22-8-14(28)25(2)3/h4-5,10-12,24H,6-9H2,1-3H3,(H,22,30)(H,23,29)/t10-,11+,12?/m1/s1. The van der Waals surface area contributed by atoms with Crippen molar-refractivity contribution in [1.82, 2.24) is 30.7 Å². The lowest BCUT2D eigenvalue weighted by atomic mass is 10.1. The van der Waals surface area contributed by atoms with Gasteiger partial charge in [0.15, 0.2) is 0 Å². The molecule has 1 saturated heterocycles. The molecule has 0 saturated carbocycles. The van der Waals surface area contributed by atoms with Crippen molar-refractivity contribution in [3.8, 4) is 0 Å². The van der Waals surface area contributed by atoms with E-state index in [-0.39, 0.29) is 18.5 Å². The van der Waals surface area contributed by atoms with Crippen molar-refractivity contribution in [2.24, 2.45) is 0 Å². The fraction of sp³-hybridized carbons (Fsp3) is 0.611. The molecule has 3 rings (SSSR count). The first-order chi connectivity index (χ1) is 14.0. The number of carbonyl (C=O) groups excluding carboxylic acids is 3. The van der Waals surface area contributed by atoms with Crippen LogP contribution in [0.4, 0.5) is 18.0 Å². The minimum Gasteiger partial charge on any atom is -0.366 e. The van der Waals surface area contributed by atoms with Crippen LogP contribution in [0.15, 0.2) is 23.7 Å². The molecule has 0 aromatic heterocycles. The Kier molecular flexibility index (Phi) is 5.86. The Labute approximate surface area is 171 Å². The first-order valence-corrected chi connectivity index (χ1v) is 9.57. The molecule has 1 fully saturated rings. The molecule has 3 aliphatic heterocycles. The molecule has 4 amide bonds. The van der Waals surface area contributed by atoms with Crippen molar-refractivity contribution in [3.05, 3.63) is 23.7 Å². The summed E-state index contributed by atoms with van der Waals surface area (Å²) in [6.07, 6.45) is -0.749. The second kappa shape index (κ2) is 8.07. The SMILES string of the molecule is C[C@@H](NC(=O)C1C=CC2=C(N1)N(C(=O)NCC(=O)N(C)C)[C@H]1CCN2C1)C(F)(F)F. The molecule has 166 valence electrons. The van der Waals surface area contributed by atoms with Crippen molar-refractivity contribution >= 4 is 17.8 Å². The van der Waals surface area contributed by atoms with Crippen molar-refractivity contribution in [3.63, 3.8) is 0 Å². The minimum absolute atomic E-state index is 0.171. The maximum Gasteiger partial charge on any atom is 0.408 e. The second-order valence-electron chi connectivity index (χ2n) is 7.69. The van der Waals surface area contributed by atoms with Crippen molar-refractivity contribution in [2.75, 3.05) is 33.7 Å². The predicted octanol–water partition coefficient (Wildman–Crippen LogP) is -0.0618. The van der Waals surface area contributed by atoms with Crippen LogP contribution in [0.1, 0.15) is 13.3 Å². The van der Waals surface area contributed by atoms with Gasteiger partial charge in [0.1, 0.15) is 17.9 Å². The zero-order chi connectivity index (χ0) is 22.2. The number of rotatable bonds is 4. The van der Waals surface area contributed by atoms with Crippen molar-refractivity contribution in [1.29, 1.82) is 0 Å². The fourth-order valence-electron chi connectivity index (χ4n) is 3.54. The predicted molar refractivity (Wildman–Crippen MR) is 101 cm³/mol. The molecule has 3 N–H and O–H groups in total. The summed E-state index contributed by atoms with van der Waals surface area (Å²) in [6.45, 7) is 1.98.